The van der Waals surface area contributed by atoms with Crippen LogP contribution in [0.3, 0.4) is 0 Å². The molecule has 0 saturated carbocycles. The normalized spacial score (nSPS) is 22.4. The van der Waals surface area contributed by atoms with Crippen molar-refractivity contribution in [2.45, 2.75) is 162 Å². The maximum atomic E-state index is 12.4. The summed E-state index contributed by atoms with van der Waals surface area (Å²) in [6.45, 7) is -11.5. The minimum atomic E-state index is -2.80. The number of esters is 1. The third-order valence-corrected chi connectivity index (χ3v) is 14.8. The Labute approximate surface area is 447 Å². The standard InChI is InChI=1S/C48H96O29/c49-2-1-23(3-24(60)12-50)34(4-25(61)13-51)35(5-26(62)14-52)36(6-27(63)15-53)37(7-28(64)16-54)38(8-29(65)17-55)39(9-30(66)18-56)40(10-31(67)19-57)41(11-32(68)20-58)42(70)43(71)44(72)45(73)46(74)47(75)48(76)77-22-33(69)21-59/h23-47,49-75H,1-22H2. The molecule has 0 rings (SSSR count). The molecule has 0 spiro atoms. The van der Waals surface area contributed by atoms with Crippen LogP contribution in [0.1, 0.15) is 64.2 Å². The maximum absolute atomic E-state index is 12.4. The Balaban J connectivity index is 9.07. The van der Waals surface area contributed by atoms with Crippen LogP contribution in [-0.4, -0.2) is 321 Å². The van der Waals surface area contributed by atoms with Crippen molar-refractivity contribution in [2.24, 2.45) is 53.3 Å². The summed E-state index contributed by atoms with van der Waals surface area (Å²) in [5.74, 6) is -15.0. The van der Waals surface area contributed by atoms with Crippen molar-refractivity contribution in [3.8, 4) is 0 Å². The van der Waals surface area contributed by atoms with Crippen LogP contribution in [0.15, 0.2) is 0 Å². The van der Waals surface area contributed by atoms with Crippen molar-refractivity contribution in [2.75, 3.05) is 79.3 Å². The van der Waals surface area contributed by atoms with Crippen molar-refractivity contribution in [3.63, 3.8) is 0 Å². The molecule has 462 valence electrons. The molecule has 0 radical (unpaired) electrons. The summed E-state index contributed by atoms with van der Waals surface area (Å²) in [4.78, 5) is 12.4. The van der Waals surface area contributed by atoms with Crippen LogP contribution in [0.4, 0.5) is 0 Å². The number of ether oxygens (including phenoxy) is 1. The molecule has 0 bridgehead atoms. The second-order valence-electron chi connectivity index (χ2n) is 20.6. The van der Waals surface area contributed by atoms with E-state index in [1.165, 1.54) is 0 Å². The van der Waals surface area contributed by atoms with Crippen LogP contribution in [-0.2, 0) is 9.53 Å². The van der Waals surface area contributed by atoms with E-state index >= 15 is 0 Å². The minimum Gasteiger partial charge on any atom is -0.461 e. The smallest absolute Gasteiger partial charge is 0.337 e. The van der Waals surface area contributed by atoms with Gasteiger partial charge in [-0.3, -0.25) is 0 Å². The van der Waals surface area contributed by atoms with Gasteiger partial charge in [0.2, 0.25) is 0 Å². The molecule has 0 aromatic carbocycles. The van der Waals surface area contributed by atoms with E-state index in [4.69, 9.17) is 5.11 Å². The number of hydrogen-bond donors (Lipinski definition) is 27. The Morgan fingerprint density at radius 3 is 0.805 bits per heavy atom. The van der Waals surface area contributed by atoms with Gasteiger partial charge in [0.1, 0.15) is 37.1 Å². The molecule has 25 unspecified atom stereocenters. The van der Waals surface area contributed by atoms with Gasteiger partial charge in [-0.05, 0) is 117 Å². The fourth-order valence-electron chi connectivity index (χ4n) is 11.0. The predicted octanol–water partition coefficient (Wildman–Crippen LogP) is -11.3. The second kappa shape index (κ2) is 40.6. The van der Waals surface area contributed by atoms with Crippen LogP contribution in [0.5, 0.6) is 0 Å². The predicted molar refractivity (Wildman–Crippen MR) is 263 cm³/mol. The van der Waals surface area contributed by atoms with Crippen molar-refractivity contribution in [1.29, 1.82) is 0 Å². The first-order valence-corrected chi connectivity index (χ1v) is 26.0. The lowest BCUT2D eigenvalue weighted by atomic mass is 9.56. The quantitative estimate of drug-likeness (QED) is 0.0252. The summed E-state index contributed by atoms with van der Waals surface area (Å²) >= 11 is 0. The SMILES string of the molecule is O=C(OCC(O)CO)C(O)C(O)C(O)C(O)C(O)C(O)C(CC(O)CO)C(CC(O)CO)C(CC(O)CO)C(CC(O)CO)C(CC(O)CO)C(CC(O)CO)C(CC(O)CO)C(CC(O)CO)C(CCO)CC(O)CO. The highest BCUT2D eigenvalue weighted by Gasteiger charge is 2.51. The summed E-state index contributed by atoms with van der Waals surface area (Å²) in [5, 5.41) is 290. The molecule has 0 amide bonds. The number of carbonyl (C=O) groups excluding carboxylic acids is 1. The van der Waals surface area contributed by atoms with Gasteiger partial charge in [0.25, 0.3) is 0 Å². The lowest BCUT2D eigenvalue weighted by Gasteiger charge is -2.50. The highest BCUT2D eigenvalue weighted by molar-refractivity contribution is 5.75. The van der Waals surface area contributed by atoms with Crippen molar-refractivity contribution < 1.29 is 147 Å². The third-order valence-electron chi connectivity index (χ3n) is 14.8. The van der Waals surface area contributed by atoms with E-state index in [9.17, 15) is 138 Å². The van der Waals surface area contributed by atoms with Crippen LogP contribution in [0, 0.1) is 53.3 Å². The first-order valence-electron chi connectivity index (χ1n) is 26.0. The topological polar surface area (TPSA) is 573 Å². The molecule has 0 aliphatic rings. The van der Waals surface area contributed by atoms with Gasteiger partial charge in [-0.25, -0.2) is 4.79 Å². The average molecular weight is 1140 g/mol. The second-order valence-corrected chi connectivity index (χ2v) is 20.6. The molecule has 29 heteroatoms. The Morgan fingerprint density at radius 1 is 0.273 bits per heavy atom. The molecule has 29 nitrogen and oxygen atoms in total. The Morgan fingerprint density at radius 2 is 0.506 bits per heavy atom. The van der Waals surface area contributed by atoms with Gasteiger partial charge >= 0.3 is 5.97 Å². The van der Waals surface area contributed by atoms with Gasteiger partial charge in [0.05, 0.1) is 127 Å². The average Bonchev–Trinajstić information content (AvgIpc) is 3.43. The van der Waals surface area contributed by atoms with Crippen molar-refractivity contribution >= 4 is 5.97 Å². The van der Waals surface area contributed by atoms with Gasteiger partial charge < -0.3 is 143 Å². The molecule has 0 aromatic heterocycles. The van der Waals surface area contributed by atoms with E-state index in [1.54, 1.807) is 0 Å². The number of carbonyl (C=O) groups is 1. The Kier molecular flexibility index (Phi) is 39.7. The molecule has 0 aromatic rings. The molecular formula is C48H96O29. The molecule has 77 heavy (non-hydrogen) atoms. The highest BCUT2D eigenvalue weighted by atomic mass is 16.6. The summed E-state index contributed by atoms with van der Waals surface area (Å²) < 4.78 is 4.56. The molecule has 0 aliphatic heterocycles. The Hall–Kier alpha value is -1.61. The van der Waals surface area contributed by atoms with Gasteiger partial charge in [-0.1, -0.05) is 0 Å². The fourth-order valence-corrected chi connectivity index (χ4v) is 11.0. The van der Waals surface area contributed by atoms with Gasteiger partial charge in [-0.2, -0.15) is 0 Å². The van der Waals surface area contributed by atoms with E-state index in [1.807, 2.05) is 0 Å². The van der Waals surface area contributed by atoms with Gasteiger partial charge in [0.15, 0.2) is 6.10 Å². The molecule has 27 N–H and O–H groups in total. The summed E-state index contributed by atoms with van der Waals surface area (Å²) in [6, 6.07) is 0. The third kappa shape index (κ3) is 26.0. The van der Waals surface area contributed by atoms with Crippen molar-refractivity contribution in [3.05, 3.63) is 0 Å². The van der Waals surface area contributed by atoms with Gasteiger partial charge in [-0.15, -0.1) is 0 Å². The summed E-state index contributed by atoms with van der Waals surface area (Å²) in [6.07, 6.45) is -39.9. The number of aliphatic hydroxyl groups excluding tert-OH is 27. The zero-order valence-electron chi connectivity index (χ0n) is 43.4. The van der Waals surface area contributed by atoms with E-state index in [-0.39, 0.29) is 12.8 Å². The Bertz CT molecular complexity index is 1460. The van der Waals surface area contributed by atoms with E-state index in [0.29, 0.717) is 0 Å². The van der Waals surface area contributed by atoms with E-state index in [2.05, 4.69) is 4.74 Å². The zero-order chi connectivity index (χ0) is 59.3. The summed E-state index contributed by atoms with van der Waals surface area (Å²) in [5.41, 5.74) is 0. The molecule has 25 atom stereocenters. The molecule has 0 fully saturated rings. The first kappa shape index (κ1) is 75.4. The maximum Gasteiger partial charge on any atom is 0.337 e. The van der Waals surface area contributed by atoms with Crippen LogP contribution in [0.25, 0.3) is 0 Å². The largest absolute Gasteiger partial charge is 0.461 e. The fraction of sp³-hybridized carbons (Fsp3) is 0.979. The molecular weight excluding hydrogens is 1040 g/mol. The van der Waals surface area contributed by atoms with Crippen LogP contribution >= 0.6 is 0 Å². The van der Waals surface area contributed by atoms with E-state index < -0.39 is 288 Å². The monoisotopic (exact) mass is 1140 g/mol. The highest BCUT2D eigenvalue weighted by Crippen LogP contribution is 2.52. The minimum absolute atomic E-state index is 0.214. The van der Waals surface area contributed by atoms with Gasteiger partial charge in [0, 0.05) is 6.61 Å². The lowest BCUT2D eigenvalue weighted by Crippen LogP contribution is -2.56. The first-order chi connectivity index (χ1) is 36.2. The molecule has 0 heterocycles. The number of aliphatic hydroxyl groups is 27. The molecule has 0 saturated heterocycles. The number of rotatable bonds is 47. The lowest BCUT2D eigenvalue weighted by molar-refractivity contribution is -0.185. The number of hydrogen-bond acceptors (Lipinski definition) is 29. The zero-order valence-corrected chi connectivity index (χ0v) is 43.4. The summed E-state index contributed by atoms with van der Waals surface area (Å²) in [7, 11) is 0. The van der Waals surface area contributed by atoms with Crippen LogP contribution < -0.4 is 0 Å². The van der Waals surface area contributed by atoms with Crippen molar-refractivity contribution in [1.82, 2.24) is 0 Å². The van der Waals surface area contributed by atoms with Crippen LogP contribution in [0.2, 0.25) is 0 Å². The van der Waals surface area contributed by atoms with E-state index in [0.717, 1.165) is 0 Å². The molecule has 0 aliphatic carbocycles.